The van der Waals surface area contributed by atoms with E-state index in [4.69, 9.17) is 0 Å². The molecule has 0 aliphatic carbocycles. The standard InChI is InChI=1S/2C8H15Si.2ClH.Zr/c2*1-5-6-7-8-9(2,3)4;;;/h2*5-7H,1-4H3;2*1H;. The molecule has 5 heteroatoms. The SMILES string of the molecule is CC=CC=[C]([Zr][C](=CC=CC)[Si](C)(C)C)[Si](C)(C)C.Cl.Cl. The van der Waals surface area contributed by atoms with Crippen molar-refractivity contribution in [1.82, 2.24) is 0 Å². The summed E-state index contributed by atoms with van der Waals surface area (Å²) in [5.41, 5.74) is 0. The minimum absolute atomic E-state index is 0. The van der Waals surface area contributed by atoms with E-state index in [1.807, 2.05) is 5.81 Å². The minimum atomic E-state index is -1.16. The van der Waals surface area contributed by atoms with E-state index >= 15 is 0 Å². The minimum Gasteiger partial charge on any atom is -0.147 e. The number of halogens is 2. The van der Waals surface area contributed by atoms with Gasteiger partial charge in [0.2, 0.25) is 0 Å². The normalized spacial score (nSPS) is 14.1. The van der Waals surface area contributed by atoms with E-state index in [2.05, 4.69) is 89.6 Å². The Morgan fingerprint density at radius 2 is 0.952 bits per heavy atom. The monoisotopic (exact) mass is 440 g/mol. The maximum atomic E-state index is 2.49. The summed E-state index contributed by atoms with van der Waals surface area (Å²) in [5, 5.41) is 0. The Labute approximate surface area is 158 Å². The van der Waals surface area contributed by atoms with Gasteiger partial charge in [0.05, 0.1) is 0 Å². The van der Waals surface area contributed by atoms with E-state index in [1.54, 1.807) is 0 Å². The van der Waals surface area contributed by atoms with Gasteiger partial charge < -0.3 is 0 Å². The van der Waals surface area contributed by atoms with Crippen molar-refractivity contribution in [3.8, 4) is 0 Å². The number of rotatable bonds is 6. The van der Waals surface area contributed by atoms with Crippen LogP contribution in [-0.4, -0.2) is 16.1 Å². The molecular formula is C16H32Cl2Si2Zr. The van der Waals surface area contributed by atoms with Gasteiger partial charge in [-0.15, -0.1) is 24.8 Å². The van der Waals surface area contributed by atoms with Crippen LogP contribution in [0, 0.1) is 0 Å². The Morgan fingerprint density at radius 3 is 1.14 bits per heavy atom. The zero-order valence-electron chi connectivity index (χ0n) is 14.8. The molecule has 0 nitrogen and oxygen atoms in total. The van der Waals surface area contributed by atoms with Gasteiger partial charge in [-0.2, -0.15) is 0 Å². The molecule has 0 saturated heterocycles. The van der Waals surface area contributed by atoms with Crippen molar-refractivity contribution in [2.24, 2.45) is 0 Å². The third-order valence-corrected chi connectivity index (χ3v) is 21.0. The third kappa shape index (κ3) is 12.0. The summed E-state index contributed by atoms with van der Waals surface area (Å²) in [6.07, 6.45) is 13.7. The van der Waals surface area contributed by atoms with E-state index in [9.17, 15) is 0 Å². The van der Waals surface area contributed by atoms with Crippen molar-refractivity contribution in [2.45, 2.75) is 53.1 Å². The molecular weight excluding hydrogens is 410 g/mol. The maximum absolute atomic E-state index is 2.49. The number of allylic oxidation sites excluding steroid dienone is 6. The van der Waals surface area contributed by atoms with Gasteiger partial charge in [0.15, 0.2) is 0 Å². The summed E-state index contributed by atoms with van der Waals surface area (Å²) in [6, 6.07) is 0. The molecule has 0 heterocycles. The van der Waals surface area contributed by atoms with Crippen LogP contribution in [0.2, 0.25) is 39.3 Å². The number of hydrogen-bond acceptors (Lipinski definition) is 0. The average Bonchev–Trinajstić information content (AvgIpc) is 2.24. The van der Waals surface area contributed by atoms with E-state index in [0.29, 0.717) is 0 Å². The molecule has 0 aromatic carbocycles. The second-order valence-corrected chi connectivity index (χ2v) is 22.6. The van der Waals surface area contributed by atoms with Crippen LogP contribution in [0.3, 0.4) is 0 Å². The van der Waals surface area contributed by atoms with E-state index in [1.165, 1.54) is 0 Å². The van der Waals surface area contributed by atoms with Crippen LogP contribution in [0.5, 0.6) is 0 Å². The fraction of sp³-hybridized carbons (Fsp3) is 0.500. The molecule has 0 unspecified atom stereocenters. The molecule has 122 valence electrons. The quantitative estimate of drug-likeness (QED) is 0.322. The van der Waals surface area contributed by atoms with Gasteiger partial charge in [-0.1, -0.05) is 0 Å². The largest absolute Gasteiger partial charge is 0.147 e. The van der Waals surface area contributed by atoms with Crippen LogP contribution in [0.1, 0.15) is 13.8 Å². The van der Waals surface area contributed by atoms with Crippen molar-refractivity contribution in [3.05, 3.63) is 42.3 Å². The van der Waals surface area contributed by atoms with Gasteiger partial charge in [-0.25, -0.2) is 0 Å². The summed E-state index contributed by atoms with van der Waals surface area (Å²) in [4.78, 5) is 0. The molecule has 0 bridgehead atoms. The van der Waals surface area contributed by atoms with Crippen molar-refractivity contribution in [1.29, 1.82) is 0 Å². The zero-order chi connectivity index (χ0) is 15.1. The van der Waals surface area contributed by atoms with Gasteiger partial charge in [-0.3, -0.25) is 0 Å². The first-order valence-corrected chi connectivity index (χ1v) is 16.5. The van der Waals surface area contributed by atoms with Crippen molar-refractivity contribution >= 4 is 41.0 Å². The summed E-state index contributed by atoms with van der Waals surface area (Å²) in [7, 11) is -2.32. The summed E-state index contributed by atoms with van der Waals surface area (Å²) in [6.45, 7) is 19.1. The average molecular weight is 443 g/mol. The van der Waals surface area contributed by atoms with Crippen LogP contribution >= 0.6 is 24.8 Å². The van der Waals surface area contributed by atoms with Crippen LogP contribution < -0.4 is 0 Å². The van der Waals surface area contributed by atoms with Crippen LogP contribution in [0.15, 0.2) is 42.3 Å². The molecule has 21 heavy (non-hydrogen) atoms. The maximum Gasteiger partial charge on any atom is -0.147 e. The molecule has 0 radical (unpaired) electrons. The van der Waals surface area contributed by atoms with Gasteiger partial charge in [-0.05, 0) is 0 Å². The van der Waals surface area contributed by atoms with Crippen molar-refractivity contribution < 1.29 is 23.2 Å². The molecule has 0 saturated carbocycles. The van der Waals surface area contributed by atoms with Crippen molar-refractivity contribution in [2.75, 3.05) is 0 Å². The fourth-order valence-corrected chi connectivity index (χ4v) is 12.9. The topological polar surface area (TPSA) is 0 Å². The summed E-state index contributed by atoms with van der Waals surface area (Å²) in [5.74, 6) is 0. The van der Waals surface area contributed by atoms with Crippen LogP contribution in [-0.2, 0) is 23.2 Å². The third-order valence-electron chi connectivity index (χ3n) is 2.80. The van der Waals surface area contributed by atoms with Crippen LogP contribution in [0.25, 0.3) is 0 Å². The Bertz CT molecular complexity index is 359. The first-order chi connectivity index (χ1) is 8.62. The van der Waals surface area contributed by atoms with E-state index < -0.39 is 39.4 Å². The molecule has 0 aromatic rings. The van der Waals surface area contributed by atoms with Crippen molar-refractivity contribution in [3.63, 3.8) is 0 Å². The summed E-state index contributed by atoms with van der Waals surface area (Å²) >= 11 is -0.588. The van der Waals surface area contributed by atoms with Gasteiger partial charge in [0.1, 0.15) is 0 Å². The Morgan fingerprint density at radius 1 is 0.667 bits per heavy atom. The molecule has 0 aromatic heterocycles. The first-order valence-electron chi connectivity index (χ1n) is 7.07. The molecule has 0 atom stereocenters. The molecule has 0 rings (SSSR count). The predicted octanol–water partition coefficient (Wildman–Crippen LogP) is 6.59. The van der Waals surface area contributed by atoms with Crippen LogP contribution in [0.4, 0.5) is 0 Å². The predicted molar refractivity (Wildman–Crippen MR) is 107 cm³/mol. The second-order valence-electron chi connectivity index (χ2n) is 6.84. The first kappa shape index (κ1) is 26.7. The fourth-order valence-electron chi connectivity index (χ4n) is 1.49. The molecule has 0 aliphatic rings. The van der Waals surface area contributed by atoms with Gasteiger partial charge in [0, 0.05) is 0 Å². The molecule has 0 amide bonds. The van der Waals surface area contributed by atoms with Gasteiger partial charge >= 0.3 is 135 Å². The second kappa shape index (κ2) is 12.3. The molecule has 0 N–H and O–H groups in total. The molecule has 0 aliphatic heterocycles. The summed E-state index contributed by atoms with van der Waals surface area (Å²) < 4.78 is 3.65. The van der Waals surface area contributed by atoms with E-state index in [0.717, 1.165) is 0 Å². The van der Waals surface area contributed by atoms with E-state index in [-0.39, 0.29) is 24.8 Å². The van der Waals surface area contributed by atoms with Gasteiger partial charge in [0.25, 0.3) is 0 Å². The Hall–Kier alpha value is 0.857. The molecule has 0 spiro atoms. The zero-order valence-corrected chi connectivity index (χ0v) is 20.9. The number of hydrogen-bond donors (Lipinski definition) is 0. The Kier molecular flexibility index (Phi) is 15.7. The Balaban J connectivity index is -0.00000162. The molecule has 0 fully saturated rings. The smallest absolute Gasteiger partial charge is 0.147 e.